The molecule has 0 saturated carbocycles. The number of ketones is 1. The molecule has 0 aliphatic heterocycles. The van der Waals surface area contributed by atoms with Crippen LogP contribution in [0.4, 0.5) is 0 Å². The Morgan fingerprint density at radius 2 is 1.54 bits per heavy atom. The molecule has 0 N–H and O–H groups in total. The van der Waals surface area contributed by atoms with Crippen LogP contribution in [0, 0.1) is 0 Å². The van der Waals surface area contributed by atoms with Crippen LogP contribution in [-0.2, 0) is 6.42 Å². The van der Waals surface area contributed by atoms with E-state index in [2.05, 4.69) is 0 Å². The number of rotatable bonds is 7. The van der Waals surface area contributed by atoms with Crippen molar-refractivity contribution in [2.45, 2.75) is 6.42 Å². The predicted molar refractivity (Wildman–Crippen MR) is 98.3 cm³/mol. The molecule has 0 fully saturated rings. The van der Waals surface area contributed by atoms with Crippen molar-refractivity contribution in [3.05, 3.63) is 66.1 Å². The Bertz CT molecular complexity index is 871. The van der Waals surface area contributed by atoms with Gasteiger partial charge in [-0.3, -0.25) is 4.79 Å². The summed E-state index contributed by atoms with van der Waals surface area (Å²) in [7, 11) is 4.56. The summed E-state index contributed by atoms with van der Waals surface area (Å²) in [5.74, 6) is 1.84. The molecule has 3 aromatic rings. The number of carbonyl (C=O) groups is 1. The highest BCUT2D eigenvalue weighted by molar-refractivity contribution is 5.98. The first kappa shape index (κ1) is 17.6. The van der Waals surface area contributed by atoms with Gasteiger partial charge in [0.25, 0.3) is 0 Å². The fraction of sp³-hybridized carbons (Fsp3) is 0.190. The highest BCUT2D eigenvalue weighted by Gasteiger charge is 2.18. The minimum Gasteiger partial charge on any atom is -0.493 e. The van der Waals surface area contributed by atoms with Crippen molar-refractivity contribution in [2.24, 2.45) is 0 Å². The third-order valence-electron chi connectivity index (χ3n) is 4.08. The van der Waals surface area contributed by atoms with E-state index in [9.17, 15) is 4.79 Å². The summed E-state index contributed by atoms with van der Waals surface area (Å²) in [5.41, 5.74) is 2.46. The van der Waals surface area contributed by atoms with Gasteiger partial charge in [-0.25, -0.2) is 0 Å². The summed E-state index contributed by atoms with van der Waals surface area (Å²) in [5, 5.41) is 0. The Balaban J connectivity index is 1.83. The number of hydrogen-bond donors (Lipinski definition) is 0. The van der Waals surface area contributed by atoms with Crippen LogP contribution < -0.4 is 14.2 Å². The molecule has 0 aliphatic carbocycles. The molecule has 2 aromatic carbocycles. The lowest BCUT2D eigenvalue weighted by molar-refractivity contribution is 0.0986. The summed E-state index contributed by atoms with van der Waals surface area (Å²) in [6.07, 6.45) is 1.80. The summed E-state index contributed by atoms with van der Waals surface area (Å²) in [4.78, 5) is 12.7. The number of Topliss-reactive ketones (excluding diaryl/α,β-unsaturated/α-hetero) is 1. The van der Waals surface area contributed by atoms with Gasteiger partial charge in [-0.15, -0.1) is 0 Å². The van der Waals surface area contributed by atoms with Gasteiger partial charge in [0.2, 0.25) is 5.75 Å². The second kappa shape index (κ2) is 7.78. The maximum atomic E-state index is 12.7. The van der Waals surface area contributed by atoms with Crippen LogP contribution >= 0.6 is 0 Å². The van der Waals surface area contributed by atoms with E-state index in [1.807, 2.05) is 36.4 Å². The normalized spacial score (nSPS) is 10.4. The molecule has 1 heterocycles. The number of carbonyl (C=O) groups excluding carboxylic acids is 1. The van der Waals surface area contributed by atoms with Crippen molar-refractivity contribution < 1.29 is 23.4 Å². The van der Waals surface area contributed by atoms with Crippen LogP contribution in [0.15, 0.2) is 59.2 Å². The fourth-order valence-corrected chi connectivity index (χ4v) is 2.76. The van der Waals surface area contributed by atoms with Gasteiger partial charge in [0.1, 0.15) is 5.76 Å². The Hall–Kier alpha value is -3.21. The first-order chi connectivity index (χ1) is 12.7. The molecule has 1 aromatic heterocycles. The standard InChI is InChI=1S/C21H20O5/c1-23-19-10-15(11-20(24-2)21(19)25-3)18(22)12-17-9-16(13-26-17)14-7-5-4-6-8-14/h4-11,13H,12H2,1-3H3. The largest absolute Gasteiger partial charge is 0.493 e. The minimum absolute atomic E-state index is 0.0989. The Labute approximate surface area is 152 Å². The van der Waals surface area contributed by atoms with Crippen molar-refractivity contribution in [2.75, 3.05) is 21.3 Å². The number of furan rings is 1. The van der Waals surface area contributed by atoms with E-state index in [0.717, 1.165) is 11.1 Å². The van der Waals surface area contributed by atoms with Crippen molar-refractivity contribution >= 4 is 5.78 Å². The molecule has 0 unspecified atom stereocenters. The SMILES string of the molecule is COc1cc(C(=O)Cc2cc(-c3ccccc3)co2)cc(OC)c1OC. The van der Waals surface area contributed by atoms with Crippen LogP contribution in [0.2, 0.25) is 0 Å². The van der Waals surface area contributed by atoms with Gasteiger partial charge >= 0.3 is 0 Å². The molecule has 0 aliphatic rings. The van der Waals surface area contributed by atoms with Gasteiger partial charge in [0, 0.05) is 11.1 Å². The zero-order chi connectivity index (χ0) is 18.5. The van der Waals surface area contributed by atoms with E-state index >= 15 is 0 Å². The molecular weight excluding hydrogens is 332 g/mol. The summed E-state index contributed by atoms with van der Waals surface area (Å²) < 4.78 is 21.4. The first-order valence-corrected chi connectivity index (χ1v) is 8.12. The lowest BCUT2D eigenvalue weighted by Gasteiger charge is -2.13. The number of hydrogen-bond acceptors (Lipinski definition) is 5. The van der Waals surface area contributed by atoms with E-state index in [1.165, 1.54) is 21.3 Å². The summed E-state index contributed by atoms with van der Waals surface area (Å²) in [6, 6.07) is 15.0. The molecule has 0 amide bonds. The summed E-state index contributed by atoms with van der Waals surface area (Å²) >= 11 is 0. The third-order valence-corrected chi connectivity index (χ3v) is 4.08. The van der Waals surface area contributed by atoms with Crippen LogP contribution in [0.5, 0.6) is 17.2 Å². The third kappa shape index (κ3) is 3.57. The van der Waals surface area contributed by atoms with Crippen LogP contribution in [-0.4, -0.2) is 27.1 Å². The van der Waals surface area contributed by atoms with Crippen LogP contribution in [0.1, 0.15) is 16.1 Å². The zero-order valence-corrected chi connectivity index (χ0v) is 14.9. The zero-order valence-electron chi connectivity index (χ0n) is 14.9. The van der Waals surface area contributed by atoms with Crippen molar-refractivity contribution in [1.29, 1.82) is 0 Å². The lowest BCUT2D eigenvalue weighted by Crippen LogP contribution is -2.05. The van der Waals surface area contributed by atoms with Crippen molar-refractivity contribution in [3.8, 4) is 28.4 Å². The van der Waals surface area contributed by atoms with Crippen LogP contribution in [0.25, 0.3) is 11.1 Å². The molecule has 0 atom stereocenters. The summed E-state index contributed by atoms with van der Waals surface area (Å²) in [6.45, 7) is 0. The molecular formula is C21H20O5. The highest BCUT2D eigenvalue weighted by atomic mass is 16.5. The van der Waals surface area contributed by atoms with Crippen molar-refractivity contribution in [3.63, 3.8) is 0 Å². The first-order valence-electron chi connectivity index (χ1n) is 8.12. The molecule has 0 radical (unpaired) electrons. The molecule has 0 bridgehead atoms. The average Bonchev–Trinajstić information content (AvgIpc) is 3.15. The van der Waals surface area contributed by atoms with E-state index < -0.39 is 0 Å². The van der Waals surface area contributed by atoms with E-state index in [0.29, 0.717) is 28.6 Å². The van der Waals surface area contributed by atoms with Gasteiger partial charge in [0.05, 0.1) is 34.0 Å². The topological polar surface area (TPSA) is 57.9 Å². The second-order valence-corrected chi connectivity index (χ2v) is 5.68. The monoisotopic (exact) mass is 352 g/mol. The fourth-order valence-electron chi connectivity index (χ4n) is 2.76. The number of methoxy groups -OCH3 is 3. The van der Waals surface area contributed by atoms with Gasteiger partial charge < -0.3 is 18.6 Å². The van der Waals surface area contributed by atoms with E-state index in [4.69, 9.17) is 18.6 Å². The molecule has 5 nitrogen and oxygen atoms in total. The van der Waals surface area contributed by atoms with Crippen LogP contribution in [0.3, 0.4) is 0 Å². The van der Waals surface area contributed by atoms with E-state index in [-0.39, 0.29) is 12.2 Å². The van der Waals surface area contributed by atoms with Crippen molar-refractivity contribution in [1.82, 2.24) is 0 Å². The number of ether oxygens (including phenoxy) is 3. The van der Waals surface area contributed by atoms with E-state index in [1.54, 1.807) is 18.4 Å². The van der Waals surface area contributed by atoms with Gasteiger partial charge in [-0.05, 0) is 23.8 Å². The Morgan fingerprint density at radius 3 is 2.12 bits per heavy atom. The highest BCUT2D eigenvalue weighted by Crippen LogP contribution is 2.38. The molecule has 134 valence electrons. The average molecular weight is 352 g/mol. The second-order valence-electron chi connectivity index (χ2n) is 5.68. The smallest absolute Gasteiger partial charge is 0.203 e. The maximum Gasteiger partial charge on any atom is 0.203 e. The Morgan fingerprint density at radius 1 is 0.885 bits per heavy atom. The Kier molecular flexibility index (Phi) is 5.27. The molecule has 5 heteroatoms. The molecule has 26 heavy (non-hydrogen) atoms. The van der Waals surface area contributed by atoms with Gasteiger partial charge in [-0.1, -0.05) is 30.3 Å². The van der Waals surface area contributed by atoms with Gasteiger partial charge in [-0.2, -0.15) is 0 Å². The predicted octanol–water partition coefficient (Wildman–Crippen LogP) is 4.40. The molecule has 0 saturated heterocycles. The minimum atomic E-state index is -0.0989. The maximum absolute atomic E-state index is 12.7. The quantitative estimate of drug-likeness (QED) is 0.590. The molecule has 0 spiro atoms. The lowest BCUT2D eigenvalue weighted by atomic mass is 10.0. The number of benzene rings is 2. The molecule has 3 rings (SSSR count). The van der Waals surface area contributed by atoms with Gasteiger partial charge in [0.15, 0.2) is 17.3 Å².